The molecule has 1 saturated heterocycles. The van der Waals surface area contributed by atoms with Gasteiger partial charge in [-0.05, 0) is 24.3 Å². The Morgan fingerprint density at radius 3 is 2.54 bits per heavy atom. The summed E-state index contributed by atoms with van der Waals surface area (Å²) >= 11 is 2.97. The molecule has 0 unspecified atom stereocenters. The molecule has 2 aromatic heterocycles. The zero-order valence-corrected chi connectivity index (χ0v) is 20.5. The first-order valence-electron chi connectivity index (χ1n) is 11.2. The number of morpholine rings is 1. The summed E-state index contributed by atoms with van der Waals surface area (Å²) in [4.78, 5) is 15.7. The lowest BCUT2D eigenvalue weighted by atomic mass is 10.2. The van der Waals surface area contributed by atoms with Crippen molar-refractivity contribution in [2.75, 3.05) is 37.0 Å². The van der Waals surface area contributed by atoms with E-state index in [2.05, 4.69) is 31.7 Å². The lowest BCUT2D eigenvalue weighted by Crippen LogP contribution is -2.35. The number of hydrazone groups is 1. The molecular formula is C25H24N6O2S2. The Kier molecular flexibility index (Phi) is 7.52. The van der Waals surface area contributed by atoms with E-state index in [9.17, 15) is 4.79 Å². The highest BCUT2D eigenvalue weighted by molar-refractivity contribution is 7.99. The van der Waals surface area contributed by atoms with Gasteiger partial charge < -0.3 is 9.64 Å². The van der Waals surface area contributed by atoms with E-state index in [1.54, 1.807) is 17.6 Å². The molecule has 178 valence electrons. The number of ether oxygens (including phenoxy) is 1. The molecule has 8 nitrogen and oxygen atoms in total. The standard InChI is InChI=1S/C25H24N6O2S2/c32-22(27-26-17-21-11-12-23(35-21)30-13-15-33-16-14-30)18-34-25-29-28-24(19-7-3-1-4-8-19)31(25)20-9-5-2-6-10-20/h1-12,17H,13-16,18H2,(H,27,32)/b26-17+. The van der Waals surface area contributed by atoms with Crippen LogP contribution in [0.5, 0.6) is 0 Å². The summed E-state index contributed by atoms with van der Waals surface area (Å²) in [6.07, 6.45) is 1.68. The number of carbonyl (C=O) groups excluding carboxylic acids is 1. The van der Waals surface area contributed by atoms with E-state index in [-0.39, 0.29) is 11.7 Å². The lowest BCUT2D eigenvalue weighted by Gasteiger charge is -2.27. The van der Waals surface area contributed by atoms with Crippen LogP contribution in [-0.4, -0.2) is 58.9 Å². The number of hydrogen-bond acceptors (Lipinski definition) is 8. The van der Waals surface area contributed by atoms with Gasteiger partial charge in [0.15, 0.2) is 11.0 Å². The topological polar surface area (TPSA) is 84.6 Å². The van der Waals surface area contributed by atoms with Crippen LogP contribution in [0.25, 0.3) is 17.1 Å². The summed E-state index contributed by atoms with van der Waals surface area (Å²) in [5.74, 6) is 0.687. The molecule has 0 radical (unpaired) electrons. The highest BCUT2D eigenvalue weighted by atomic mass is 32.2. The number of para-hydroxylation sites is 1. The molecule has 1 aliphatic heterocycles. The molecule has 1 fully saturated rings. The van der Waals surface area contributed by atoms with Gasteiger partial charge in [-0.25, -0.2) is 5.43 Å². The van der Waals surface area contributed by atoms with Crippen molar-refractivity contribution < 1.29 is 9.53 Å². The summed E-state index contributed by atoms with van der Waals surface area (Å²) in [6.45, 7) is 3.29. The Hall–Kier alpha value is -3.47. The number of benzene rings is 2. The Morgan fingerprint density at radius 1 is 1.03 bits per heavy atom. The normalized spacial score (nSPS) is 13.9. The molecule has 0 bridgehead atoms. The number of nitrogens with one attached hydrogen (secondary N) is 1. The summed E-state index contributed by atoms with van der Waals surface area (Å²) in [5, 5.41) is 14.7. The zero-order valence-electron chi connectivity index (χ0n) is 18.9. The van der Waals surface area contributed by atoms with Crippen molar-refractivity contribution in [3.8, 4) is 17.1 Å². The molecule has 0 atom stereocenters. The Bertz CT molecular complexity index is 1280. The molecule has 5 rings (SSSR count). The number of thiophene rings is 1. The second kappa shape index (κ2) is 11.3. The Morgan fingerprint density at radius 2 is 1.77 bits per heavy atom. The summed E-state index contributed by atoms with van der Waals surface area (Å²) < 4.78 is 7.38. The van der Waals surface area contributed by atoms with Gasteiger partial charge in [0, 0.05) is 29.2 Å². The zero-order chi connectivity index (χ0) is 23.9. The maximum atomic E-state index is 12.5. The fraction of sp³-hybridized carbons (Fsp3) is 0.200. The number of hydrogen-bond donors (Lipinski definition) is 1. The van der Waals surface area contributed by atoms with E-state index in [0.29, 0.717) is 5.16 Å². The van der Waals surface area contributed by atoms with E-state index in [0.717, 1.165) is 48.3 Å². The molecule has 3 heterocycles. The van der Waals surface area contributed by atoms with Gasteiger partial charge in [-0.15, -0.1) is 21.5 Å². The molecule has 2 aromatic carbocycles. The molecule has 35 heavy (non-hydrogen) atoms. The SMILES string of the molecule is O=C(CSc1nnc(-c2ccccc2)n1-c1ccccc1)N/N=C/c1ccc(N2CCOCC2)s1. The maximum absolute atomic E-state index is 12.5. The average Bonchev–Trinajstić information content (AvgIpc) is 3.57. The van der Waals surface area contributed by atoms with Gasteiger partial charge in [0.05, 0.1) is 30.2 Å². The van der Waals surface area contributed by atoms with Gasteiger partial charge in [0.2, 0.25) is 0 Å². The highest BCUT2D eigenvalue weighted by Gasteiger charge is 2.17. The van der Waals surface area contributed by atoms with E-state index in [4.69, 9.17) is 4.74 Å². The summed E-state index contributed by atoms with van der Waals surface area (Å²) in [6, 6.07) is 23.9. The molecule has 0 saturated carbocycles. The third-order valence-corrected chi connectivity index (χ3v) is 7.34. The predicted octanol–water partition coefficient (Wildman–Crippen LogP) is 4.07. The largest absolute Gasteiger partial charge is 0.378 e. The number of amides is 1. The number of thioether (sulfide) groups is 1. The van der Waals surface area contributed by atoms with Crippen molar-refractivity contribution in [1.82, 2.24) is 20.2 Å². The van der Waals surface area contributed by atoms with Gasteiger partial charge in [0.1, 0.15) is 0 Å². The first kappa shape index (κ1) is 23.3. The Labute approximate surface area is 211 Å². The van der Waals surface area contributed by atoms with Crippen molar-refractivity contribution in [2.45, 2.75) is 5.16 Å². The molecule has 1 N–H and O–H groups in total. The fourth-order valence-corrected chi connectivity index (χ4v) is 5.32. The minimum atomic E-state index is -0.208. The molecule has 0 spiro atoms. The third-order valence-electron chi connectivity index (χ3n) is 5.33. The monoisotopic (exact) mass is 504 g/mol. The number of carbonyl (C=O) groups is 1. The van der Waals surface area contributed by atoms with E-state index >= 15 is 0 Å². The van der Waals surface area contributed by atoms with E-state index in [1.165, 1.54) is 16.8 Å². The van der Waals surface area contributed by atoms with Crippen molar-refractivity contribution >= 4 is 40.2 Å². The van der Waals surface area contributed by atoms with Crippen molar-refractivity contribution in [3.63, 3.8) is 0 Å². The second-order valence-corrected chi connectivity index (χ2v) is 9.74. The van der Waals surface area contributed by atoms with Crippen molar-refractivity contribution in [3.05, 3.63) is 77.7 Å². The van der Waals surface area contributed by atoms with Gasteiger partial charge in [-0.3, -0.25) is 9.36 Å². The van der Waals surface area contributed by atoms with Gasteiger partial charge in [-0.1, -0.05) is 60.3 Å². The number of rotatable bonds is 8. The molecular weight excluding hydrogens is 480 g/mol. The van der Waals surface area contributed by atoms with Crippen LogP contribution in [0.4, 0.5) is 5.00 Å². The maximum Gasteiger partial charge on any atom is 0.250 e. The smallest absolute Gasteiger partial charge is 0.250 e. The third kappa shape index (κ3) is 5.79. The first-order chi connectivity index (χ1) is 17.3. The van der Waals surface area contributed by atoms with E-state index in [1.807, 2.05) is 71.3 Å². The average molecular weight is 505 g/mol. The predicted molar refractivity (Wildman–Crippen MR) is 141 cm³/mol. The summed E-state index contributed by atoms with van der Waals surface area (Å²) in [7, 11) is 0. The molecule has 10 heteroatoms. The van der Waals surface area contributed by atoms with Crippen LogP contribution >= 0.6 is 23.1 Å². The van der Waals surface area contributed by atoms with Crippen LogP contribution in [0.1, 0.15) is 4.88 Å². The van der Waals surface area contributed by atoms with Crippen molar-refractivity contribution in [1.29, 1.82) is 0 Å². The van der Waals surface area contributed by atoms with E-state index < -0.39 is 0 Å². The van der Waals surface area contributed by atoms with Crippen LogP contribution < -0.4 is 10.3 Å². The minimum Gasteiger partial charge on any atom is -0.378 e. The van der Waals surface area contributed by atoms with Crippen LogP contribution in [0.2, 0.25) is 0 Å². The summed E-state index contributed by atoms with van der Waals surface area (Å²) in [5.41, 5.74) is 4.51. The van der Waals surface area contributed by atoms with Gasteiger partial charge >= 0.3 is 0 Å². The quantitative estimate of drug-likeness (QED) is 0.221. The molecule has 4 aromatic rings. The number of anilines is 1. The highest BCUT2D eigenvalue weighted by Crippen LogP contribution is 2.28. The van der Waals surface area contributed by atoms with Gasteiger partial charge in [-0.2, -0.15) is 5.10 Å². The van der Waals surface area contributed by atoms with Crippen LogP contribution in [0, 0.1) is 0 Å². The van der Waals surface area contributed by atoms with Gasteiger partial charge in [0.25, 0.3) is 5.91 Å². The number of nitrogens with zero attached hydrogens (tertiary/aromatic N) is 5. The lowest BCUT2D eigenvalue weighted by molar-refractivity contribution is -0.118. The first-order valence-corrected chi connectivity index (χ1v) is 13.0. The van der Waals surface area contributed by atoms with Crippen LogP contribution in [0.15, 0.2) is 83.1 Å². The molecule has 1 aliphatic rings. The molecule has 1 amide bonds. The minimum absolute atomic E-state index is 0.167. The van der Waals surface area contributed by atoms with Crippen LogP contribution in [-0.2, 0) is 9.53 Å². The second-order valence-electron chi connectivity index (χ2n) is 7.70. The fourth-order valence-electron chi connectivity index (χ4n) is 3.64. The van der Waals surface area contributed by atoms with Crippen LogP contribution in [0.3, 0.4) is 0 Å². The Balaban J connectivity index is 1.22. The number of aromatic nitrogens is 3. The molecule has 0 aliphatic carbocycles. The van der Waals surface area contributed by atoms with Crippen molar-refractivity contribution in [2.24, 2.45) is 5.10 Å².